The molecule has 0 aliphatic heterocycles. The van der Waals surface area contributed by atoms with Crippen LogP contribution in [0.25, 0.3) is 10.8 Å². The maximum Gasteiger partial charge on any atom is 0.122 e. The highest BCUT2D eigenvalue weighted by Gasteiger charge is 2.06. The number of hydrogen-bond acceptors (Lipinski definition) is 2. The molecule has 0 aromatic heterocycles. The topological polar surface area (TPSA) is 18.5 Å². The zero-order valence-electron chi connectivity index (χ0n) is 14.9. The Kier molecular flexibility index (Phi) is 8.44. The fourth-order valence-corrected chi connectivity index (χ4v) is 3.15. The van der Waals surface area contributed by atoms with Crippen LogP contribution in [0.15, 0.2) is 30.3 Å². The Morgan fingerprint density at radius 2 is 1.67 bits per heavy atom. The summed E-state index contributed by atoms with van der Waals surface area (Å²) in [4.78, 5) is 0. The number of hydrogen-bond donors (Lipinski definition) is 0. The van der Waals surface area contributed by atoms with Crippen LogP contribution in [0.2, 0.25) is 0 Å². The van der Waals surface area contributed by atoms with Crippen LogP contribution in [0.4, 0.5) is 0 Å². The van der Waals surface area contributed by atoms with Crippen molar-refractivity contribution in [2.75, 3.05) is 18.5 Å². The summed E-state index contributed by atoms with van der Waals surface area (Å²) in [7, 11) is 0. The molecule has 2 aromatic carbocycles. The fraction of sp³-hybridized carbons (Fsp3) is 0.524. The van der Waals surface area contributed by atoms with Gasteiger partial charge in [-0.15, -0.1) is 0 Å². The van der Waals surface area contributed by atoms with Gasteiger partial charge in [-0.3, -0.25) is 0 Å². The molecule has 0 aliphatic carbocycles. The summed E-state index contributed by atoms with van der Waals surface area (Å²) in [6.07, 6.45) is 7.12. The summed E-state index contributed by atoms with van der Waals surface area (Å²) in [5.41, 5.74) is 1.22. The zero-order valence-corrected chi connectivity index (χ0v) is 16.5. The van der Waals surface area contributed by atoms with E-state index in [4.69, 9.17) is 9.47 Å². The van der Waals surface area contributed by atoms with Crippen LogP contribution in [-0.4, -0.2) is 18.5 Å². The van der Waals surface area contributed by atoms with Crippen molar-refractivity contribution in [3.63, 3.8) is 0 Å². The van der Waals surface area contributed by atoms with E-state index in [-0.39, 0.29) is 0 Å². The standard InChI is InChI=1S/C21H29BrO2/c1-3-4-14-23-19-10-11-20-17(2)21(12-9-18(20)16-19)24-15-8-6-5-7-13-22/h9-12,16H,3-8,13-15H2,1-2H3. The third-order valence-electron chi connectivity index (χ3n) is 4.26. The molecule has 132 valence electrons. The van der Waals surface area contributed by atoms with Gasteiger partial charge in [0.15, 0.2) is 0 Å². The van der Waals surface area contributed by atoms with Gasteiger partial charge in [0, 0.05) is 5.33 Å². The minimum Gasteiger partial charge on any atom is -0.494 e. The lowest BCUT2D eigenvalue weighted by atomic mass is 10.0. The van der Waals surface area contributed by atoms with Crippen molar-refractivity contribution < 1.29 is 9.47 Å². The lowest BCUT2D eigenvalue weighted by molar-refractivity contribution is 0.303. The number of ether oxygens (including phenoxy) is 2. The first kappa shape index (κ1) is 19.1. The van der Waals surface area contributed by atoms with Crippen LogP contribution >= 0.6 is 15.9 Å². The molecule has 0 fully saturated rings. The van der Waals surface area contributed by atoms with Gasteiger partial charge in [0.05, 0.1) is 13.2 Å². The van der Waals surface area contributed by atoms with Gasteiger partial charge in [0.2, 0.25) is 0 Å². The van der Waals surface area contributed by atoms with E-state index in [9.17, 15) is 0 Å². The largest absolute Gasteiger partial charge is 0.494 e. The third kappa shape index (κ3) is 5.70. The van der Waals surface area contributed by atoms with Crippen molar-refractivity contribution in [3.8, 4) is 11.5 Å². The van der Waals surface area contributed by atoms with E-state index in [1.807, 2.05) is 0 Å². The van der Waals surface area contributed by atoms with Crippen LogP contribution in [0.3, 0.4) is 0 Å². The maximum absolute atomic E-state index is 5.99. The van der Waals surface area contributed by atoms with Crippen molar-refractivity contribution in [1.29, 1.82) is 0 Å². The smallest absolute Gasteiger partial charge is 0.122 e. The molecule has 2 aromatic rings. The van der Waals surface area contributed by atoms with Crippen LogP contribution in [0.5, 0.6) is 11.5 Å². The minimum absolute atomic E-state index is 0.789. The summed E-state index contributed by atoms with van der Waals surface area (Å²) < 4.78 is 11.8. The Labute approximate surface area is 154 Å². The summed E-state index contributed by atoms with van der Waals surface area (Å²) in [6.45, 7) is 5.90. The average Bonchev–Trinajstić information content (AvgIpc) is 2.60. The molecule has 0 unspecified atom stereocenters. The molecule has 0 atom stereocenters. The predicted molar refractivity (Wildman–Crippen MR) is 107 cm³/mol. The second-order valence-electron chi connectivity index (χ2n) is 6.23. The molecule has 0 aliphatic rings. The predicted octanol–water partition coefficient (Wildman–Crippen LogP) is 6.66. The van der Waals surface area contributed by atoms with Crippen LogP contribution in [0, 0.1) is 6.92 Å². The van der Waals surface area contributed by atoms with Crippen molar-refractivity contribution >= 4 is 26.7 Å². The van der Waals surface area contributed by atoms with Gasteiger partial charge in [-0.1, -0.05) is 54.2 Å². The Bertz CT molecular complexity index is 625. The van der Waals surface area contributed by atoms with Gasteiger partial charge < -0.3 is 9.47 Å². The van der Waals surface area contributed by atoms with E-state index in [1.165, 1.54) is 35.6 Å². The molecule has 0 heterocycles. The number of aryl methyl sites for hydroxylation is 1. The average molecular weight is 393 g/mol. The van der Waals surface area contributed by atoms with E-state index in [2.05, 4.69) is 60.1 Å². The number of unbranched alkanes of at least 4 members (excludes halogenated alkanes) is 4. The van der Waals surface area contributed by atoms with Crippen LogP contribution < -0.4 is 9.47 Å². The maximum atomic E-state index is 5.99. The van der Waals surface area contributed by atoms with E-state index in [1.54, 1.807) is 0 Å². The lowest BCUT2D eigenvalue weighted by Crippen LogP contribution is -2.00. The Morgan fingerprint density at radius 1 is 0.875 bits per heavy atom. The van der Waals surface area contributed by atoms with Gasteiger partial charge in [-0.2, -0.15) is 0 Å². The van der Waals surface area contributed by atoms with E-state index < -0.39 is 0 Å². The highest BCUT2D eigenvalue weighted by molar-refractivity contribution is 9.09. The monoisotopic (exact) mass is 392 g/mol. The lowest BCUT2D eigenvalue weighted by Gasteiger charge is -2.13. The first-order valence-electron chi connectivity index (χ1n) is 9.11. The Morgan fingerprint density at radius 3 is 2.46 bits per heavy atom. The van der Waals surface area contributed by atoms with Gasteiger partial charge in [0.25, 0.3) is 0 Å². The zero-order chi connectivity index (χ0) is 17.2. The minimum atomic E-state index is 0.789. The third-order valence-corrected chi connectivity index (χ3v) is 4.82. The van der Waals surface area contributed by atoms with Crippen molar-refractivity contribution in [3.05, 3.63) is 35.9 Å². The van der Waals surface area contributed by atoms with Gasteiger partial charge in [-0.05, 0) is 60.7 Å². The Balaban J connectivity index is 1.95. The van der Waals surface area contributed by atoms with E-state index in [0.717, 1.165) is 49.3 Å². The SMILES string of the molecule is CCCCOc1ccc2c(C)c(OCCCCCCBr)ccc2c1. The number of rotatable bonds is 11. The molecule has 2 nitrogen and oxygen atoms in total. The molecule has 0 spiro atoms. The van der Waals surface area contributed by atoms with Crippen molar-refractivity contribution in [2.24, 2.45) is 0 Å². The fourth-order valence-electron chi connectivity index (χ4n) is 2.76. The van der Waals surface area contributed by atoms with Gasteiger partial charge >= 0.3 is 0 Å². The number of alkyl halides is 1. The van der Waals surface area contributed by atoms with Crippen LogP contribution in [0.1, 0.15) is 51.0 Å². The summed E-state index contributed by atoms with van der Waals surface area (Å²) in [6, 6.07) is 10.6. The van der Waals surface area contributed by atoms with Crippen molar-refractivity contribution in [2.45, 2.75) is 52.4 Å². The van der Waals surface area contributed by atoms with Crippen molar-refractivity contribution in [1.82, 2.24) is 0 Å². The second kappa shape index (κ2) is 10.6. The second-order valence-corrected chi connectivity index (χ2v) is 7.02. The first-order valence-corrected chi connectivity index (χ1v) is 10.2. The number of halogens is 1. The molecule has 0 saturated carbocycles. The summed E-state index contributed by atoms with van der Waals surface area (Å²) in [5.74, 6) is 1.96. The highest BCUT2D eigenvalue weighted by atomic mass is 79.9. The number of fused-ring (bicyclic) bond motifs is 1. The Hall–Kier alpha value is -1.22. The molecule has 0 saturated heterocycles. The van der Waals surface area contributed by atoms with E-state index in [0.29, 0.717) is 0 Å². The highest BCUT2D eigenvalue weighted by Crippen LogP contribution is 2.30. The molecular weight excluding hydrogens is 364 g/mol. The normalized spacial score (nSPS) is 11.0. The van der Waals surface area contributed by atoms with Crippen LogP contribution in [-0.2, 0) is 0 Å². The molecule has 0 amide bonds. The summed E-state index contributed by atoms with van der Waals surface area (Å²) >= 11 is 3.47. The van der Waals surface area contributed by atoms with Gasteiger partial charge in [0.1, 0.15) is 11.5 Å². The number of benzene rings is 2. The first-order chi connectivity index (χ1) is 11.8. The molecule has 3 heteroatoms. The molecule has 2 rings (SSSR count). The molecule has 0 radical (unpaired) electrons. The molecular formula is C21H29BrO2. The van der Waals surface area contributed by atoms with Gasteiger partial charge in [-0.25, -0.2) is 0 Å². The molecule has 24 heavy (non-hydrogen) atoms. The van der Waals surface area contributed by atoms with E-state index >= 15 is 0 Å². The quantitative estimate of drug-likeness (QED) is 0.314. The summed E-state index contributed by atoms with van der Waals surface area (Å²) in [5, 5.41) is 3.56. The molecule has 0 bridgehead atoms. The molecule has 0 N–H and O–H groups in total.